The average molecular weight is 243 g/mol. The van der Waals surface area contributed by atoms with Gasteiger partial charge in [-0.15, -0.1) is 0 Å². The van der Waals surface area contributed by atoms with E-state index in [0.717, 1.165) is 11.1 Å². The van der Waals surface area contributed by atoms with Gasteiger partial charge in [-0.1, -0.05) is 43.4 Å². The number of rotatable bonds is 4. The summed E-state index contributed by atoms with van der Waals surface area (Å²) in [5, 5.41) is 0. The molecule has 0 aliphatic carbocycles. The van der Waals surface area contributed by atoms with E-state index >= 15 is 0 Å². The Morgan fingerprint density at radius 2 is 1.87 bits per heavy atom. The SMILES string of the molecule is CCS(=O)(=O)Cc1ccc(C(N)=S)cc1. The van der Waals surface area contributed by atoms with Crippen LogP contribution in [0.1, 0.15) is 18.1 Å². The fraction of sp³-hybridized carbons (Fsp3) is 0.300. The minimum Gasteiger partial charge on any atom is -0.389 e. The van der Waals surface area contributed by atoms with Gasteiger partial charge in [-0.05, 0) is 5.56 Å². The standard InChI is InChI=1S/C10H13NO2S2/c1-2-15(12,13)7-8-3-5-9(6-4-8)10(11)14/h3-6H,2,7H2,1H3,(H2,11,14). The molecule has 1 aromatic rings. The van der Waals surface area contributed by atoms with E-state index in [4.69, 9.17) is 18.0 Å². The van der Waals surface area contributed by atoms with Gasteiger partial charge in [-0.3, -0.25) is 0 Å². The van der Waals surface area contributed by atoms with Crippen LogP contribution in [0.15, 0.2) is 24.3 Å². The maximum atomic E-state index is 11.3. The Labute approximate surface area is 95.2 Å². The Hall–Kier alpha value is -0.940. The van der Waals surface area contributed by atoms with Crippen molar-refractivity contribution >= 4 is 27.0 Å². The smallest absolute Gasteiger partial charge is 0.154 e. The van der Waals surface area contributed by atoms with Crippen molar-refractivity contribution in [1.82, 2.24) is 0 Å². The summed E-state index contributed by atoms with van der Waals surface area (Å²) in [6, 6.07) is 6.95. The molecule has 0 radical (unpaired) electrons. The Balaban J connectivity index is 2.86. The van der Waals surface area contributed by atoms with Crippen molar-refractivity contribution in [1.29, 1.82) is 0 Å². The number of thiocarbonyl (C=S) groups is 1. The maximum Gasteiger partial charge on any atom is 0.154 e. The topological polar surface area (TPSA) is 60.2 Å². The highest BCUT2D eigenvalue weighted by molar-refractivity contribution is 7.90. The van der Waals surface area contributed by atoms with Gasteiger partial charge >= 0.3 is 0 Å². The van der Waals surface area contributed by atoms with E-state index < -0.39 is 9.84 Å². The first-order chi connectivity index (χ1) is 6.94. The zero-order valence-corrected chi connectivity index (χ0v) is 10.1. The van der Waals surface area contributed by atoms with E-state index in [2.05, 4.69) is 0 Å². The third kappa shape index (κ3) is 3.60. The number of hydrogen-bond acceptors (Lipinski definition) is 3. The van der Waals surface area contributed by atoms with Crippen molar-refractivity contribution in [3.05, 3.63) is 35.4 Å². The largest absolute Gasteiger partial charge is 0.389 e. The highest BCUT2D eigenvalue weighted by Crippen LogP contribution is 2.08. The summed E-state index contributed by atoms with van der Waals surface area (Å²) < 4.78 is 22.7. The van der Waals surface area contributed by atoms with Gasteiger partial charge in [0.05, 0.1) is 5.75 Å². The first-order valence-corrected chi connectivity index (χ1v) is 6.77. The summed E-state index contributed by atoms with van der Waals surface area (Å²) >= 11 is 4.80. The Bertz CT molecular complexity index is 449. The van der Waals surface area contributed by atoms with Gasteiger partial charge < -0.3 is 5.73 Å². The van der Waals surface area contributed by atoms with Crippen molar-refractivity contribution in [2.24, 2.45) is 5.73 Å². The van der Waals surface area contributed by atoms with Crippen LogP contribution in [0.2, 0.25) is 0 Å². The molecule has 2 N–H and O–H groups in total. The molecule has 0 spiro atoms. The van der Waals surface area contributed by atoms with Gasteiger partial charge in [0.15, 0.2) is 9.84 Å². The lowest BCUT2D eigenvalue weighted by Crippen LogP contribution is -2.10. The molecule has 3 nitrogen and oxygen atoms in total. The Morgan fingerprint density at radius 1 is 1.33 bits per heavy atom. The molecule has 0 saturated carbocycles. The van der Waals surface area contributed by atoms with Crippen LogP contribution in [0.3, 0.4) is 0 Å². The first kappa shape index (κ1) is 12.1. The second-order valence-electron chi connectivity index (χ2n) is 3.24. The van der Waals surface area contributed by atoms with E-state index in [1.807, 2.05) is 0 Å². The first-order valence-electron chi connectivity index (χ1n) is 4.54. The highest BCUT2D eigenvalue weighted by Gasteiger charge is 2.08. The fourth-order valence-corrected chi connectivity index (χ4v) is 2.16. The molecule has 0 saturated heterocycles. The molecule has 15 heavy (non-hydrogen) atoms. The molecule has 82 valence electrons. The van der Waals surface area contributed by atoms with Crippen LogP contribution < -0.4 is 5.73 Å². The number of benzene rings is 1. The molecule has 0 fully saturated rings. The molecule has 0 aliphatic heterocycles. The van der Waals surface area contributed by atoms with Crippen molar-refractivity contribution in [3.63, 3.8) is 0 Å². The predicted octanol–water partition coefficient (Wildman–Crippen LogP) is 1.26. The predicted molar refractivity (Wildman–Crippen MR) is 65.5 cm³/mol. The van der Waals surface area contributed by atoms with Crippen molar-refractivity contribution < 1.29 is 8.42 Å². The van der Waals surface area contributed by atoms with Gasteiger partial charge in [-0.25, -0.2) is 8.42 Å². The van der Waals surface area contributed by atoms with Crippen LogP contribution in [0, 0.1) is 0 Å². The molecule has 1 aromatic carbocycles. The quantitative estimate of drug-likeness (QED) is 0.809. The molecule has 0 aliphatic rings. The van der Waals surface area contributed by atoms with E-state index in [1.165, 1.54) is 0 Å². The second-order valence-corrected chi connectivity index (χ2v) is 6.03. The molecule has 0 bridgehead atoms. The van der Waals surface area contributed by atoms with Gasteiger partial charge in [0, 0.05) is 11.3 Å². The van der Waals surface area contributed by atoms with Crippen molar-refractivity contribution in [3.8, 4) is 0 Å². The summed E-state index contributed by atoms with van der Waals surface area (Å²) in [6.45, 7) is 1.64. The molecule has 0 unspecified atom stereocenters. The summed E-state index contributed by atoms with van der Waals surface area (Å²) in [4.78, 5) is 0.319. The molecular formula is C10H13NO2S2. The minimum atomic E-state index is -2.97. The molecule has 0 atom stereocenters. The maximum absolute atomic E-state index is 11.3. The molecule has 0 heterocycles. The van der Waals surface area contributed by atoms with Gasteiger partial charge in [0.1, 0.15) is 4.99 Å². The summed E-state index contributed by atoms with van der Waals surface area (Å²) in [5.74, 6) is 0.227. The van der Waals surface area contributed by atoms with E-state index in [1.54, 1.807) is 31.2 Å². The summed E-state index contributed by atoms with van der Waals surface area (Å²) in [5.41, 5.74) is 6.94. The lowest BCUT2D eigenvalue weighted by atomic mass is 10.1. The molecule has 1 rings (SSSR count). The third-order valence-corrected chi connectivity index (χ3v) is 3.95. The van der Waals surface area contributed by atoms with Gasteiger partial charge in [-0.2, -0.15) is 0 Å². The molecule has 5 heteroatoms. The van der Waals surface area contributed by atoms with Crippen LogP contribution in [0.4, 0.5) is 0 Å². The fourth-order valence-electron chi connectivity index (χ4n) is 1.12. The summed E-state index contributed by atoms with van der Waals surface area (Å²) in [6.07, 6.45) is 0. The minimum absolute atomic E-state index is 0.0705. The van der Waals surface area contributed by atoms with Crippen LogP contribution in [0.25, 0.3) is 0 Å². The van der Waals surface area contributed by atoms with Crippen molar-refractivity contribution in [2.75, 3.05) is 5.75 Å². The van der Waals surface area contributed by atoms with Crippen LogP contribution in [-0.2, 0) is 15.6 Å². The van der Waals surface area contributed by atoms with Crippen LogP contribution in [-0.4, -0.2) is 19.2 Å². The van der Waals surface area contributed by atoms with E-state index in [-0.39, 0.29) is 11.5 Å². The lowest BCUT2D eigenvalue weighted by molar-refractivity contribution is 0.596. The van der Waals surface area contributed by atoms with Crippen LogP contribution in [0.5, 0.6) is 0 Å². The Morgan fingerprint density at radius 3 is 2.27 bits per heavy atom. The second kappa shape index (κ2) is 4.72. The normalized spacial score (nSPS) is 11.3. The number of hydrogen-bond donors (Lipinski definition) is 1. The van der Waals surface area contributed by atoms with Crippen molar-refractivity contribution in [2.45, 2.75) is 12.7 Å². The van der Waals surface area contributed by atoms with Crippen LogP contribution >= 0.6 is 12.2 Å². The van der Waals surface area contributed by atoms with E-state index in [0.29, 0.717) is 4.99 Å². The monoisotopic (exact) mass is 243 g/mol. The Kier molecular flexibility index (Phi) is 3.82. The average Bonchev–Trinajstić information content (AvgIpc) is 2.18. The van der Waals surface area contributed by atoms with Gasteiger partial charge in [0.2, 0.25) is 0 Å². The molecule has 0 amide bonds. The highest BCUT2D eigenvalue weighted by atomic mass is 32.2. The zero-order chi connectivity index (χ0) is 11.5. The zero-order valence-electron chi connectivity index (χ0n) is 8.43. The molecule has 0 aromatic heterocycles. The molecular weight excluding hydrogens is 230 g/mol. The third-order valence-electron chi connectivity index (χ3n) is 2.06. The number of nitrogens with two attached hydrogens (primary N) is 1. The number of sulfone groups is 1. The van der Waals surface area contributed by atoms with Gasteiger partial charge in [0.25, 0.3) is 0 Å². The summed E-state index contributed by atoms with van der Waals surface area (Å²) in [7, 11) is -2.97. The lowest BCUT2D eigenvalue weighted by Gasteiger charge is -2.03. The van der Waals surface area contributed by atoms with E-state index in [9.17, 15) is 8.42 Å².